The Balaban J connectivity index is 2.20. The molecule has 1 atom stereocenters. The third kappa shape index (κ3) is 2.21. The summed E-state index contributed by atoms with van der Waals surface area (Å²) < 4.78 is 13.0. The fourth-order valence-electron chi connectivity index (χ4n) is 1.67. The molecule has 2 rings (SSSR count). The van der Waals surface area contributed by atoms with Crippen LogP contribution >= 0.6 is 0 Å². The molecule has 86 valence electrons. The predicted octanol–water partition coefficient (Wildman–Crippen LogP) is -1.68. The van der Waals surface area contributed by atoms with Gasteiger partial charge in [-0.25, -0.2) is 0 Å². The van der Waals surface area contributed by atoms with Gasteiger partial charge < -0.3 is 0 Å². The number of rotatable bonds is 0. The van der Waals surface area contributed by atoms with Crippen LogP contribution in [0.25, 0.3) is 0 Å². The molecule has 1 N–H and O–H groups in total. The SMILES string of the molecule is CC1=C(O)OC2(CCC[I-]CC2)OC1=O. The van der Waals surface area contributed by atoms with Crippen molar-refractivity contribution in [3.8, 4) is 0 Å². The zero-order chi connectivity index (χ0) is 10.9. The van der Waals surface area contributed by atoms with Crippen molar-refractivity contribution < 1.29 is 40.6 Å². The van der Waals surface area contributed by atoms with Crippen molar-refractivity contribution in [1.29, 1.82) is 0 Å². The van der Waals surface area contributed by atoms with Crippen LogP contribution in [0.1, 0.15) is 26.2 Å². The number of hydrogen-bond acceptors (Lipinski definition) is 4. The van der Waals surface area contributed by atoms with Crippen molar-refractivity contribution in [1.82, 2.24) is 0 Å². The number of carbonyl (C=O) groups excluding carboxylic acids is 1. The van der Waals surface area contributed by atoms with Crippen LogP contribution < -0.4 is 21.2 Å². The van der Waals surface area contributed by atoms with E-state index in [2.05, 4.69) is 0 Å². The molecule has 15 heavy (non-hydrogen) atoms. The maximum atomic E-state index is 11.5. The number of hydrogen-bond donors (Lipinski definition) is 1. The summed E-state index contributed by atoms with van der Waals surface area (Å²) in [5.41, 5.74) is 0.166. The number of carbonyl (C=O) groups is 1. The van der Waals surface area contributed by atoms with Crippen LogP contribution in [-0.4, -0.2) is 25.7 Å². The minimum absolute atomic E-state index is 0.166. The second kappa shape index (κ2) is 4.19. The van der Waals surface area contributed by atoms with Gasteiger partial charge in [-0.15, -0.1) is 0 Å². The van der Waals surface area contributed by atoms with Crippen molar-refractivity contribution >= 4 is 5.97 Å². The second-order valence-electron chi connectivity index (χ2n) is 3.75. The van der Waals surface area contributed by atoms with Gasteiger partial charge in [-0.2, -0.15) is 0 Å². The van der Waals surface area contributed by atoms with Crippen molar-refractivity contribution in [3.63, 3.8) is 0 Å². The van der Waals surface area contributed by atoms with Crippen LogP contribution in [0, 0.1) is 0 Å². The quantitative estimate of drug-likeness (QED) is 0.328. The Bertz CT molecular complexity index is 303. The van der Waals surface area contributed by atoms with Gasteiger partial charge >= 0.3 is 98.9 Å². The summed E-state index contributed by atoms with van der Waals surface area (Å²) in [6.45, 7) is 1.51. The van der Waals surface area contributed by atoms with E-state index < -0.39 is 11.8 Å². The van der Waals surface area contributed by atoms with Crippen LogP contribution in [0.3, 0.4) is 0 Å². The van der Waals surface area contributed by atoms with Gasteiger partial charge in [0.15, 0.2) is 0 Å². The number of alkyl halides is 2. The van der Waals surface area contributed by atoms with Crippen LogP contribution in [0.2, 0.25) is 0 Å². The number of ether oxygens (including phenoxy) is 2. The number of aliphatic hydroxyl groups is 1. The Morgan fingerprint density at radius 3 is 2.87 bits per heavy atom. The molecule has 0 aromatic heterocycles. The minimum atomic E-state index is -0.864. The molecule has 0 aromatic rings. The van der Waals surface area contributed by atoms with E-state index in [9.17, 15) is 9.90 Å². The summed E-state index contributed by atoms with van der Waals surface area (Å²) in [4.78, 5) is 11.5. The summed E-state index contributed by atoms with van der Waals surface area (Å²) in [5.74, 6) is -1.57. The molecular formula is C10H14IO4-. The molecule has 2 heterocycles. The molecule has 5 heteroatoms. The first-order chi connectivity index (χ1) is 7.13. The van der Waals surface area contributed by atoms with Crippen molar-refractivity contribution in [2.24, 2.45) is 0 Å². The number of esters is 1. The van der Waals surface area contributed by atoms with Gasteiger partial charge in [0.1, 0.15) is 0 Å². The third-order valence-corrected chi connectivity index (χ3v) is 5.45. The van der Waals surface area contributed by atoms with Crippen molar-refractivity contribution in [2.45, 2.75) is 32.0 Å². The van der Waals surface area contributed by atoms with Crippen molar-refractivity contribution in [3.05, 3.63) is 11.5 Å². The summed E-state index contributed by atoms with van der Waals surface area (Å²) in [7, 11) is 0. The Hall–Kier alpha value is -0.460. The molecule has 0 bridgehead atoms. The number of aliphatic hydroxyl groups excluding tert-OH is 1. The van der Waals surface area contributed by atoms with Crippen molar-refractivity contribution in [2.75, 3.05) is 8.86 Å². The van der Waals surface area contributed by atoms with E-state index in [1.54, 1.807) is 0 Å². The average Bonchev–Trinajstić information content (AvgIpc) is 2.40. The first-order valence-corrected chi connectivity index (χ1v) is 8.04. The second-order valence-corrected chi connectivity index (χ2v) is 6.99. The fraction of sp³-hybridized carbons (Fsp3) is 0.700. The van der Waals surface area contributed by atoms with Gasteiger partial charge in [0.25, 0.3) is 0 Å². The van der Waals surface area contributed by atoms with Gasteiger partial charge in [-0.3, -0.25) is 0 Å². The molecule has 0 amide bonds. The van der Waals surface area contributed by atoms with Crippen LogP contribution in [0.5, 0.6) is 0 Å². The summed E-state index contributed by atoms with van der Waals surface area (Å²) >= 11 is 0.225. The molecule has 1 spiro atoms. The van der Waals surface area contributed by atoms with E-state index in [1.807, 2.05) is 0 Å². The average molecular weight is 325 g/mol. The van der Waals surface area contributed by atoms with E-state index in [0.29, 0.717) is 6.42 Å². The van der Waals surface area contributed by atoms with E-state index in [0.717, 1.165) is 17.3 Å². The van der Waals surface area contributed by atoms with Crippen LogP contribution in [0.15, 0.2) is 11.5 Å². The van der Waals surface area contributed by atoms with E-state index in [1.165, 1.54) is 11.4 Å². The summed E-state index contributed by atoms with van der Waals surface area (Å²) in [6.07, 6.45) is 2.45. The molecule has 0 radical (unpaired) electrons. The third-order valence-electron chi connectivity index (χ3n) is 2.62. The van der Waals surface area contributed by atoms with E-state index >= 15 is 0 Å². The summed E-state index contributed by atoms with van der Waals surface area (Å²) in [5, 5.41) is 9.52. The molecule has 2 aliphatic rings. The molecule has 1 fully saturated rings. The van der Waals surface area contributed by atoms with Gasteiger partial charge in [0.2, 0.25) is 0 Å². The van der Waals surface area contributed by atoms with Gasteiger partial charge in [0, 0.05) is 0 Å². The molecule has 0 aliphatic carbocycles. The van der Waals surface area contributed by atoms with Crippen LogP contribution in [0.4, 0.5) is 0 Å². The molecule has 0 aromatic carbocycles. The van der Waals surface area contributed by atoms with Gasteiger partial charge in [-0.1, -0.05) is 0 Å². The topological polar surface area (TPSA) is 55.8 Å². The Kier molecular flexibility index (Phi) is 3.08. The van der Waals surface area contributed by atoms with Crippen LogP contribution in [-0.2, 0) is 14.3 Å². The standard InChI is InChI=1S/C10H14IO4/c1-7-8(12)14-10(15-9(7)13)3-2-5-11-6-4-10/h12H,2-6H2,1H3/q-1. The Morgan fingerprint density at radius 2 is 2.13 bits per heavy atom. The monoisotopic (exact) mass is 325 g/mol. The molecular weight excluding hydrogens is 311 g/mol. The first kappa shape index (κ1) is 11.0. The van der Waals surface area contributed by atoms with E-state index in [4.69, 9.17) is 9.47 Å². The molecule has 1 saturated heterocycles. The predicted molar refractivity (Wildman–Crippen MR) is 48.8 cm³/mol. The van der Waals surface area contributed by atoms with E-state index in [-0.39, 0.29) is 32.7 Å². The van der Waals surface area contributed by atoms with Gasteiger partial charge in [-0.05, 0) is 0 Å². The fourth-order valence-corrected chi connectivity index (χ4v) is 4.33. The van der Waals surface area contributed by atoms with Gasteiger partial charge in [0.05, 0.1) is 0 Å². The first-order valence-electron chi connectivity index (χ1n) is 4.99. The number of halogens is 1. The Morgan fingerprint density at radius 1 is 1.33 bits per heavy atom. The normalized spacial score (nSPS) is 32.7. The maximum absolute atomic E-state index is 11.5. The Labute approximate surface area is 98.9 Å². The molecule has 4 nitrogen and oxygen atoms in total. The molecule has 1 unspecified atom stereocenters. The summed E-state index contributed by atoms with van der Waals surface area (Å²) in [6, 6.07) is 0. The molecule has 2 aliphatic heterocycles. The zero-order valence-electron chi connectivity index (χ0n) is 8.59. The molecule has 0 saturated carbocycles. The zero-order valence-corrected chi connectivity index (χ0v) is 10.7.